The highest BCUT2D eigenvalue weighted by Crippen LogP contribution is 2.45. The van der Waals surface area contributed by atoms with E-state index in [-0.39, 0.29) is 33.4 Å². The third-order valence-corrected chi connectivity index (χ3v) is 7.03. The number of carbonyl (C=O) groups is 2. The molecule has 1 amide bonds. The number of rotatable bonds is 7. The molecule has 0 saturated carbocycles. The van der Waals surface area contributed by atoms with Crippen molar-refractivity contribution in [3.8, 4) is 11.5 Å². The van der Waals surface area contributed by atoms with Crippen LogP contribution in [-0.4, -0.2) is 31.0 Å². The Morgan fingerprint density at radius 3 is 2.17 bits per heavy atom. The summed E-state index contributed by atoms with van der Waals surface area (Å²) < 4.78 is 10.8. The van der Waals surface area contributed by atoms with Gasteiger partial charge >= 0.3 is 0 Å². The second kappa shape index (κ2) is 11.2. The molecule has 1 aliphatic heterocycles. The zero-order chi connectivity index (χ0) is 28.4. The molecule has 1 saturated heterocycles. The van der Waals surface area contributed by atoms with E-state index in [1.165, 1.54) is 31.3 Å². The maximum atomic E-state index is 13.6. The SMILES string of the molecule is COc1cc(/C(O)=C2\C(=O)C(=O)N(c3ccc(Nc4ccccc4)cc3)C2c2cccc(C)c2)c(OC)cc1Cl. The number of ketones is 1. The summed E-state index contributed by atoms with van der Waals surface area (Å²) in [6.45, 7) is 1.92. The van der Waals surface area contributed by atoms with Gasteiger partial charge in [-0.3, -0.25) is 14.5 Å². The monoisotopic (exact) mass is 554 g/mol. The van der Waals surface area contributed by atoms with Crippen LogP contribution in [-0.2, 0) is 9.59 Å². The van der Waals surface area contributed by atoms with Crippen molar-refractivity contribution >= 4 is 46.1 Å². The zero-order valence-electron chi connectivity index (χ0n) is 22.1. The summed E-state index contributed by atoms with van der Waals surface area (Å²) in [7, 11) is 2.87. The number of amides is 1. The number of hydrogen-bond acceptors (Lipinski definition) is 6. The van der Waals surface area contributed by atoms with Crippen LogP contribution in [0.15, 0.2) is 96.6 Å². The summed E-state index contributed by atoms with van der Waals surface area (Å²) in [4.78, 5) is 28.6. The summed E-state index contributed by atoms with van der Waals surface area (Å²) in [6, 6.07) is 26.5. The number of hydrogen-bond donors (Lipinski definition) is 2. The first-order valence-corrected chi connectivity index (χ1v) is 12.9. The normalized spacial score (nSPS) is 16.2. The fourth-order valence-electron chi connectivity index (χ4n) is 4.84. The fourth-order valence-corrected chi connectivity index (χ4v) is 5.07. The van der Waals surface area contributed by atoms with Crippen LogP contribution in [0.1, 0.15) is 22.7 Å². The average Bonchev–Trinajstić information content (AvgIpc) is 3.23. The van der Waals surface area contributed by atoms with Crippen molar-refractivity contribution in [2.45, 2.75) is 13.0 Å². The average molecular weight is 555 g/mol. The van der Waals surface area contributed by atoms with E-state index >= 15 is 0 Å². The van der Waals surface area contributed by atoms with Gasteiger partial charge in [-0.2, -0.15) is 0 Å². The minimum atomic E-state index is -0.890. The molecule has 0 spiro atoms. The van der Waals surface area contributed by atoms with E-state index in [1.54, 1.807) is 12.1 Å². The van der Waals surface area contributed by atoms with E-state index in [1.807, 2.05) is 73.7 Å². The standard InChI is InChI=1S/C32H27ClN2O5/c1-19-8-7-9-20(16-19)29-28(30(36)24-17-27(40-3)25(33)18-26(24)39-2)31(37)32(38)35(29)23-14-12-22(13-15-23)34-21-10-5-4-6-11-21/h4-18,29,34,36H,1-3H3/b30-28+. The Kier molecular flexibility index (Phi) is 7.49. The van der Waals surface area contributed by atoms with E-state index in [9.17, 15) is 14.7 Å². The van der Waals surface area contributed by atoms with Crippen LogP contribution in [0.25, 0.3) is 5.76 Å². The van der Waals surface area contributed by atoms with Crippen molar-refractivity contribution in [2.24, 2.45) is 0 Å². The highest BCUT2D eigenvalue weighted by molar-refractivity contribution is 6.51. The number of nitrogens with one attached hydrogen (secondary N) is 1. The topological polar surface area (TPSA) is 88.1 Å². The van der Waals surface area contributed by atoms with E-state index < -0.39 is 17.7 Å². The second-order valence-electron chi connectivity index (χ2n) is 9.31. The molecule has 0 aliphatic carbocycles. The van der Waals surface area contributed by atoms with Gasteiger partial charge in [0.25, 0.3) is 11.7 Å². The third-order valence-electron chi connectivity index (χ3n) is 6.74. The number of nitrogens with zero attached hydrogens (tertiary/aromatic N) is 1. The minimum Gasteiger partial charge on any atom is -0.507 e. The number of methoxy groups -OCH3 is 2. The summed E-state index contributed by atoms with van der Waals surface area (Å²) >= 11 is 6.27. The predicted molar refractivity (Wildman–Crippen MR) is 157 cm³/mol. The Balaban J connectivity index is 1.64. The fraction of sp³-hybridized carbons (Fsp3) is 0.125. The van der Waals surface area contributed by atoms with Crippen molar-refractivity contribution in [1.82, 2.24) is 0 Å². The van der Waals surface area contributed by atoms with E-state index in [2.05, 4.69) is 5.32 Å². The number of aliphatic hydroxyl groups is 1. The molecule has 0 radical (unpaired) electrons. The Morgan fingerprint density at radius 1 is 0.850 bits per heavy atom. The van der Waals surface area contributed by atoms with Crippen molar-refractivity contribution in [1.29, 1.82) is 0 Å². The molecule has 1 unspecified atom stereocenters. The van der Waals surface area contributed by atoms with Gasteiger partial charge in [-0.1, -0.05) is 59.6 Å². The molecule has 4 aromatic rings. The molecule has 5 rings (SSSR count). The molecule has 1 heterocycles. The molecule has 7 nitrogen and oxygen atoms in total. The van der Waals surface area contributed by atoms with Crippen LogP contribution in [0.5, 0.6) is 11.5 Å². The van der Waals surface area contributed by atoms with E-state index in [4.69, 9.17) is 21.1 Å². The first kappa shape index (κ1) is 26.8. The second-order valence-corrected chi connectivity index (χ2v) is 9.72. The summed E-state index contributed by atoms with van der Waals surface area (Å²) in [5.41, 5.74) is 3.97. The zero-order valence-corrected chi connectivity index (χ0v) is 22.9. The summed E-state index contributed by atoms with van der Waals surface area (Å²) in [5.74, 6) is -1.44. The lowest BCUT2D eigenvalue weighted by molar-refractivity contribution is -0.132. The lowest BCUT2D eigenvalue weighted by atomic mass is 9.94. The van der Waals surface area contributed by atoms with Crippen molar-refractivity contribution in [3.05, 3.63) is 118 Å². The molecule has 40 heavy (non-hydrogen) atoms. The van der Waals surface area contributed by atoms with Crippen LogP contribution < -0.4 is 19.7 Å². The number of anilines is 3. The molecule has 1 atom stereocenters. The molecular weight excluding hydrogens is 528 g/mol. The van der Waals surface area contributed by atoms with Gasteiger partial charge in [0.05, 0.1) is 36.4 Å². The Morgan fingerprint density at radius 2 is 1.52 bits per heavy atom. The number of aliphatic hydroxyl groups excluding tert-OH is 1. The van der Waals surface area contributed by atoms with Gasteiger partial charge in [0.2, 0.25) is 0 Å². The third kappa shape index (κ3) is 4.99. The van der Waals surface area contributed by atoms with Crippen LogP contribution in [0, 0.1) is 6.92 Å². The Bertz CT molecular complexity index is 1620. The molecule has 4 aromatic carbocycles. The predicted octanol–water partition coefficient (Wildman–Crippen LogP) is 7.04. The maximum absolute atomic E-state index is 13.6. The first-order chi connectivity index (χ1) is 19.3. The molecule has 1 fully saturated rings. The number of aryl methyl sites for hydroxylation is 1. The minimum absolute atomic E-state index is 0.0650. The van der Waals surface area contributed by atoms with Gasteiger partial charge < -0.3 is 19.9 Å². The molecular formula is C32H27ClN2O5. The Hall–Kier alpha value is -4.75. The largest absolute Gasteiger partial charge is 0.507 e. The molecule has 0 bridgehead atoms. The highest BCUT2D eigenvalue weighted by Gasteiger charge is 2.47. The number of para-hydroxylation sites is 1. The van der Waals surface area contributed by atoms with Gasteiger partial charge in [-0.05, 0) is 55.0 Å². The maximum Gasteiger partial charge on any atom is 0.300 e. The highest BCUT2D eigenvalue weighted by atomic mass is 35.5. The van der Waals surface area contributed by atoms with Crippen LogP contribution in [0.3, 0.4) is 0 Å². The van der Waals surface area contributed by atoms with Crippen LogP contribution >= 0.6 is 11.6 Å². The van der Waals surface area contributed by atoms with Crippen molar-refractivity contribution in [3.63, 3.8) is 0 Å². The number of ether oxygens (including phenoxy) is 2. The van der Waals surface area contributed by atoms with Crippen LogP contribution in [0.2, 0.25) is 5.02 Å². The first-order valence-electron chi connectivity index (χ1n) is 12.5. The summed E-state index contributed by atoms with van der Waals surface area (Å²) in [5, 5.41) is 15.2. The molecule has 202 valence electrons. The van der Waals surface area contributed by atoms with Gasteiger partial charge in [-0.15, -0.1) is 0 Å². The molecule has 0 aromatic heterocycles. The molecule has 8 heteroatoms. The Labute approximate surface area is 237 Å². The van der Waals surface area contributed by atoms with Gasteiger partial charge in [-0.25, -0.2) is 0 Å². The lowest BCUT2D eigenvalue weighted by Gasteiger charge is -2.26. The molecule has 2 N–H and O–H groups in total. The number of benzene rings is 4. The number of halogens is 1. The van der Waals surface area contributed by atoms with Gasteiger partial charge in [0.1, 0.15) is 17.3 Å². The summed E-state index contributed by atoms with van der Waals surface area (Å²) in [6.07, 6.45) is 0. The van der Waals surface area contributed by atoms with Crippen molar-refractivity contribution in [2.75, 3.05) is 24.4 Å². The van der Waals surface area contributed by atoms with Gasteiger partial charge in [0.15, 0.2) is 0 Å². The lowest BCUT2D eigenvalue weighted by Crippen LogP contribution is -2.29. The van der Waals surface area contributed by atoms with Crippen LogP contribution in [0.4, 0.5) is 17.1 Å². The smallest absolute Gasteiger partial charge is 0.300 e. The van der Waals surface area contributed by atoms with Gasteiger partial charge in [0, 0.05) is 23.1 Å². The van der Waals surface area contributed by atoms with E-state index in [0.29, 0.717) is 11.3 Å². The number of carbonyl (C=O) groups excluding carboxylic acids is 2. The van der Waals surface area contributed by atoms with E-state index in [0.717, 1.165) is 16.9 Å². The number of Topliss-reactive ketones (excluding diaryl/α,β-unsaturated/α-hetero) is 1. The quantitative estimate of drug-likeness (QED) is 0.145. The molecule has 1 aliphatic rings. The van der Waals surface area contributed by atoms with Crippen molar-refractivity contribution < 1.29 is 24.2 Å².